The lowest BCUT2D eigenvalue weighted by Gasteiger charge is -2.18. The van der Waals surface area contributed by atoms with Crippen LogP contribution in [0.2, 0.25) is 0 Å². The highest BCUT2D eigenvalue weighted by atomic mass is 16.6. The summed E-state index contributed by atoms with van der Waals surface area (Å²) >= 11 is 0. The van der Waals surface area contributed by atoms with Crippen LogP contribution in [0.5, 0.6) is 34.5 Å². The van der Waals surface area contributed by atoms with E-state index in [1.807, 2.05) is 13.8 Å². The van der Waals surface area contributed by atoms with E-state index >= 15 is 0 Å². The van der Waals surface area contributed by atoms with Crippen LogP contribution in [0.3, 0.4) is 0 Å². The van der Waals surface area contributed by atoms with Crippen molar-refractivity contribution >= 4 is 28.7 Å². The van der Waals surface area contributed by atoms with Crippen LogP contribution < -0.4 is 32.4 Å². The molecular formula is C32H40N4O8. The first-order valence-corrected chi connectivity index (χ1v) is 13.3. The second-order valence-corrected chi connectivity index (χ2v) is 8.51. The minimum Gasteiger partial charge on any atom is -0.508 e. The minimum atomic E-state index is -0.592. The summed E-state index contributed by atoms with van der Waals surface area (Å²) in [6, 6.07) is 21.9. The number of rotatable bonds is 8. The third-order valence-corrected chi connectivity index (χ3v) is 5.11. The monoisotopic (exact) mass is 608 g/mol. The predicted octanol–water partition coefficient (Wildman–Crippen LogP) is 4.79. The van der Waals surface area contributed by atoms with Gasteiger partial charge in [0.1, 0.15) is 47.7 Å². The number of nitrogens with two attached hydrogens (primary N) is 4. The Morgan fingerprint density at radius 1 is 0.682 bits per heavy atom. The summed E-state index contributed by atoms with van der Waals surface area (Å²) in [6.07, 6.45) is 0.505. The summed E-state index contributed by atoms with van der Waals surface area (Å²) in [5.74, 6) is 0.558. The van der Waals surface area contributed by atoms with Gasteiger partial charge in [-0.2, -0.15) is 0 Å². The second-order valence-electron chi connectivity index (χ2n) is 8.51. The van der Waals surface area contributed by atoms with E-state index in [1.165, 1.54) is 36.4 Å². The Balaban J connectivity index is 0.000000393. The normalized spacial score (nSPS) is 9.52. The molecule has 0 radical (unpaired) electrons. The zero-order valence-corrected chi connectivity index (χ0v) is 24.6. The maximum Gasteiger partial charge on any atom is 0.330 e. The van der Waals surface area contributed by atoms with Crippen molar-refractivity contribution in [3.8, 4) is 34.5 Å². The first-order valence-electron chi connectivity index (χ1n) is 13.3. The van der Waals surface area contributed by atoms with Crippen molar-refractivity contribution in [3.63, 3.8) is 0 Å². The summed E-state index contributed by atoms with van der Waals surface area (Å²) in [4.78, 5) is 11.4. The molecule has 4 aromatic carbocycles. The molecule has 0 atom stereocenters. The minimum absolute atomic E-state index is 0.0155. The predicted molar refractivity (Wildman–Crippen MR) is 172 cm³/mol. The van der Waals surface area contributed by atoms with Crippen LogP contribution in [0.25, 0.3) is 0 Å². The fourth-order valence-corrected chi connectivity index (χ4v) is 2.90. The van der Waals surface area contributed by atoms with E-state index < -0.39 is 12.1 Å². The zero-order chi connectivity index (χ0) is 33.1. The zero-order valence-electron chi connectivity index (χ0n) is 24.6. The Bertz CT molecular complexity index is 1330. The van der Waals surface area contributed by atoms with E-state index in [-0.39, 0.29) is 47.6 Å². The summed E-state index contributed by atoms with van der Waals surface area (Å²) in [5, 5.41) is 35.1. The third-order valence-electron chi connectivity index (χ3n) is 5.11. The van der Waals surface area contributed by atoms with Crippen molar-refractivity contribution in [2.45, 2.75) is 20.0 Å². The van der Waals surface area contributed by atoms with Crippen LogP contribution in [-0.4, -0.2) is 45.7 Å². The molecule has 4 aromatic rings. The summed E-state index contributed by atoms with van der Waals surface area (Å²) in [6.45, 7) is 7.66. The van der Waals surface area contributed by atoms with Crippen molar-refractivity contribution < 1.29 is 39.4 Å². The van der Waals surface area contributed by atoms with Crippen LogP contribution in [0.15, 0.2) is 97.6 Å². The topological polar surface area (TPSA) is 230 Å². The van der Waals surface area contributed by atoms with E-state index in [2.05, 4.69) is 6.58 Å². The first-order chi connectivity index (χ1) is 21.0. The molecule has 4 rings (SSSR count). The Labute approximate surface area is 256 Å². The molecule has 0 bridgehead atoms. The van der Waals surface area contributed by atoms with Crippen LogP contribution in [0.1, 0.15) is 13.8 Å². The van der Waals surface area contributed by atoms with Crippen molar-refractivity contribution in [1.82, 2.24) is 0 Å². The van der Waals surface area contributed by atoms with Gasteiger partial charge in [-0.15, -0.1) is 0 Å². The number of aromatic hydroxyl groups is 4. The van der Waals surface area contributed by atoms with Crippen molar-refractivity contribution in [1.29, 1.82) is 0 Å². The summed E-state index contributed by atoms with van der Waals surface area (Å²) in [5.41, 5.74) is 23.5. The Hall–Kier alpha value is -5.91. The first kappa shape index (κ1) is 36.1. The van der Waals surface area contributed by atoms with E-state index in [0.29, 0.717) is 22.9 Å². The Morgan fingerprint density at radius 2 is 1.05 bits per heavy atom. The highest BCUT2D eigenvalue weighted by Crippen LogP contribution is 2.24. The number of hydrogen-bond acceptors (Lipinski definition) is 12. The molecule has 0 fully saturated rings. The fraction of sp³-hybridized carbons (Fsp3) is 0.156. The molecule has 236 valence electrons. The molecule has 12 nitrogen and oxygen atoms in total. The third kappa shape index (κ3) is 14.1. The lowest BCUT2D eigenvalue weighted by atomic mass is 10.3. The number of benzene rings is 4. The molecule has 0 saturated carbocycles. The van der Waals surface area contributed by atoms with E-state index in [1.54, 1.807) is 48.5 Å². The van der Waals surface area contributed by atoms with Gasteiger partial charge in [-0.05, 0) is 72.8 Å². The van der Waals surface area contributed by atoms with Gasteiger partial charge in [0.05, 0.1) is 11.4 Å². The molecule has 0 unspecified atom stereocenters. The van der Waals surface area contributed by atoms with Crippen LogP contribution in [0.4, 0.5) is 22.7 Å². The number of carbonyl (C=O) groups excluding carboxylic acids is 1. The molecular weight excluding hydrogens is 568 g/mol. The number of ether oxygens (including phenoxy) is 3. The molecule has 0 amide bonds. The number of carbonyl (C=O) groups is 1. The van der Waals surface area contributed by atoms with E-state index in [0.717, 1.165) is 6.08 Å². The average molecular weight is 609 g/mol. The van der Waals surface area contributed by atoms with Crippen molar-refractivity contribution in [2.24, 2.45) is 0 Å². The molecule has 44 heavy (non-hydrogen) atoms. The van der Waals surface area contributed by atoms with E-state index in [4.69, 9.17) is 57.6 Å². The molecule has 0 aliphatic heterocycles. The number of anilines is 4. The van der Waals surface area contributed by atoms with Gasteiger partial charge in [0, 0.05) is 29.6 Å². The smallest absolute Gasteiger partial charge is 0.330 e. The van der Waals surface area contributed by atoms with Gasteiger partial charge in [-0.3, -0.25) is 0 Å². The lowest BCUT2D eigenvalue weighted by Crippen LogP contribution is -2.30. The van der Waals surface area contributed by atoms with Gasteiger partial charge >= 0.3 is 5.97 Å². The highest BCUT2D eigenvalue weighted by Gasteiger charge is 2.15. The lowest BCUT2D eigenvalue weighted by molar-refractivity contribution is -0.146. The van der Waals surface area contributed by atoms with Crippen LogP contribution in [-0.2, 0) is 9.53 Å². The van der Waals surface area contributed by atoms with Crippen LogP contribution >= 0.6 is 0 Å². The number of phenols is 4. The van der Waals surface area contributed by atoms with Gasteiger partial charge in [0.2, 0.25) is 0 Å². The van der Waals surface area contributed by atoms with Gasteiger partial charge < -0.3 is 57.6 Å². The largest absolute Gasteiger partial charge is 0.508 e. The molecule has 0 saturated heterocycles. The molecule has 12 N–H and O–H groups in total. The van der Waals surface area contributed by atoms with Crippen molar-refractivity contribution in [3.05, 3.63) is 97.6 Å². The maximum atomic E-state index is 11.4. The molecule has 0 aromatic heterocycles. The number of nitrogen functional groups attached to an aromatic ring is 4. The molecule has 0 aliphatic carbocycles. The standard InChI is InChI=1S/C18H20N2O4.2C6H7NO2.C2H6/c1-2-18(21)24-17(11-22-15-7-3-13(19)4-8-15)12-23-16-9-5-14(20)6-10-16;2*7-5-2-1-4(8)3-6(5)9;1-2/h2-10,17H,1,11-12,19-20H2;2*1-3,8-9H,7H2;1-2H3. The Morgan fingerprint density at radius 3 is 1.34 bits per heavy atom. The fourth-order valence-electron chi connectivity index (χ4n) is 2.90. The molecule has 0 spiro atoms. The quantitative estimate of drug-likeness (QED) is 0.0443. The number of esters is 1. The van der Waals surface area contributed by atoms with Gasteiger partial charge in [-0.25, -0.2) is 4.79 Å². The van der Waals surface area contributed by atoms with Crippen molar-refractivity contribution in [2.75, 3.05) is 36.1 Å². The highest BCUT2D eigenvalue weighted by molar-refractivity contribution is 5.81. The number of hydrogen-bond donors (Lipinski definition) is 8. The van der Waals surface area contributed by atoms with Crippen LogP contribution in [0, 0.1) is 0 Å². The van der Waals surface area contributed by atoms with E-state index in [9.17, 15) is 4.79 Å². The average Bonchev–Trinajstić information content (AvgIpc) is 3.01. The molecule has 0 aliphatic rings. The second kappa shape index (κ2) is 19.3. The SMILES string of the molecule is C=CC(=O)OC(COc1ccc(N)cc1)COc1ccc(N)cc1.CC.Nc1ccc(O)cc1O.Nc1ccc(O)cc1O. The summed E-state index contributed by atoms with van der Waals surface area (Å²) in [7, 11) is 0. The Kier molecular flexibility index (Phi) is 15.8. The van der Waals surface area contributed by atoms with Gasteiger partial charge in [0.15, 0.2) is 6.10 Å². The summed E-state index contributed by atoms with van der Waals surface area (Å²) < 4.78 is 16.5. The van der Waals surface area contributed by atoms with Gasteiger partial charge in [0.25, 0.3) is 0 Å². The van der Waals surface area contributed by atoms with Gasteiger partial charge in [-0.1, -0.05) is 20.4 Å². The maximum absolute atomic E-state index is 11.4. The number of phenolic OH excluding ortho intramolecular Hbond substituents is 4. The molecule has 12 heteroatoms. The molecule has 0 heterocycles.